The quantitative estimate of drug-likeness (QED) is 0.308. The summed E-state index contributed by atoms with van der Waals surface area (Å²) in [4.78, 5) is 9.72. The number of aliphatic imine (C=N–C) groups is 1. The third-order valence-corrected chi connectivity index (χ3v) is 5.33. The molecular weight excluding hydrogens is 453 g/mol. The maximum atomic E-state index is 5.92. The first-order chi connectivity index (χ1) is 12.6. The van der Waals surface area contributed by atoms with Gasteiger partial charge in [-0.05, 0) is 58.2 Å². The van der Waals surface area contributed by atoms with Crippen LogP contribution >= 0.6 is 24.0 Å². The summed E-state index contributed by atoms with van der Waals surface area (Å²) in [5.74, 6) is 2.49. The zero-order chi connectivity index (χ0) is 18.8. The Morgan fingerprint density at radius 1 is 1.19 bits per heavy atom. The predicted molar refractivity (Wildman–Crippen MR) is 125 cm³/mol. The van der Waals surface area contributed by atoms with Crippen molar-refractivity contribution in [1.29, 1.82) is 0 Å². The number of nitrogens with zero attached hydrogens (tertiary/aromatic N) is 3. The van der Waals surface area contributed by atoms with E-state index >= 15 is 0 Å². The van der Waals surface area contributed by atoms with Gasteiger partial charge in [-0.1, -0.05) is 13.8 Å². The number of guanidine groups is 1. The number of hydrogen-bond donors (Lipinski definition) is 2. The molecule has 0 aromatic heterocycles. The minimum atomic E-state index is 0. The average Bonchev–Trinajstić information content (AvgIpc) is 2.61. The molecule has 27 heavy (non-hydrogen) atoms. The van der Waals surface area contributed by atoms with Gasteiger partial charge in [0, 0.05) is 32.7 Å². The lowest BCUT2D eigenvalue weighted by atomic mass is 9.94. The van der Waals surface area contributed by atoms with Crippen molar-refractivity contribution in [1.82, 2.24) is 20.4 Å². The molecule has 1 atom stereocenters. The van der Waals surface area contributed by atoms with E-state index in [4.69, 9.17) is 9.73 Å². The van der Waals surface area contributed by atoms with E-state index in [9.17, 15) is 0 Å². The summed E-state index contributed by atoms with van der Waals surface area (Å²) in [7, 11) is 2.22. The van der Waals surface area contributed by atoms with Crippen LogP contribution in [-0.4, -0.2) is 87.9 Å². The van der Waals surface area contributed by atoms with E-state index in [0.717, 1.165) is 57.8 Å². The first-order valence-corrected chi connectivity index (χ1v) is 10.6. The molecule has 160 valence electrons. The van der Waals surface area contributed by atoms with E-state index in [0.29, 0.717) is 5.92 Å². The minimum absolute atomic E-state index is 0. The van der Waals surface area contributed by atoms with Crippen molar-refractivity contribution >= 4 is 29.9 Å². The van der Waals surface area contributed by atoms with Crippen molar-refractivity contribution < 1.29 is 4.74 Å². The van der Waals surface area contributed by atoms with E-state index in [1.54, 1.807) is 0 Å². The molecule has 0 saturated carbocycles. The lowest BCUT2D eigenvalue weighted by Gasteiger charge is -2.33. The van der Waals surface area contributed by atoms with Crippen LogP contribution in [-0.2, 0) is 4.74 Å². The molecule has 2 saturated heterocycles. The average molecular weight is 495 g/mol. The Labute approximate surface area is 183 Å². The molecule has 2 aliphatic rings. The fourth-order valence-electron chi connectivity index (χ4n) is 3.85. The Balaban J connectivity index is 0.00000364. The third-order valence-electron chi connectivity index (χ3n) is 5.33. The number of morpholine rings is 1. The van der Waals surface area contributed by atoms with Crippen LogP contribution in [0.1, 0.15) is 40.0 Å². The van der Waals surface area contributed by atoms with Crippen LogP contribution in [0.3, 0.4) is 0 Å². The van der Waals surface area contributed by atoms with Gasteiger partial charge in [-0.15, -0.1) is 24.0 Å². The third kappa shape index (κ3) is 10.3. The zero-order valence-electron chi connectivity index (χ0n) is 17.9. The van der Waals surface area contributed by atoms with Crippen molar-refractivity contribution in [3.8, 4) is 0 Å². The largest absolute Gasteiger partial charge is 0.374 e. The number of piperidine rings is 1. The molecule has 1 unspecified atom stereocenters. The number of hydrogen-bond acceptors (Lipinski definition) is 4. The van der Waals surface area contributed by atoms with Gasteiger partial charge in [-0.2, -0.15) is 0 Å². The minimum Gasteiger partial charge on any atom is -0.374 e. The highest BCUT2D eigenvalue weighted by Gasteiger charge is 2.21. The maximum Gasteiger partial charge on any atom is 0.191 e. The summed E-state index contributed by atoms with van der Waals surface area (Å²) in [6, 6.07) is 0. The molecule has 2 aliphatic heterocycles. The number of halogens is 1. The van der Waals surface area contributed by atoms with Crippen LogP contribution in [0.25, 0.3) is 0 Å². The summed E-state index contributed by atoms with van der Waals surface area (Å²) in [6.45, 7) is 15.8. The lowest BCUT2D eigenvalue weighted by molar-refractivity contribution is -0.0261. The predicted octanol–water partition coefficient (Wildman–Crippen LogP) is 2.25. The molecule has 0 spiro atoms. The monoisotopic (exact) mass is 495 g/mol. The summed E-state index contributed by atoms with van der Waals surface area (Å²) in [5, 5.41) is 6.89. The maximum absolute atomic E-state index is 5.92. The van der Waals surface area contributed by atoms with Gasteiger partial charge in [-0.3, -0.25) is 9.89 Å². The highest BCUT2D eigenvalue weighted by Crippen LogP contribution is 2.18. The van der Waals surface area contributed by atoms with E-state index in [2.05, 4.69) is 48.3 Å². The number of likely N-dealkylation sites (tertiary alicyclic amines) is 1. The summed E-state index contributed by atoms with van der Waals surface area (Å²) in [5.41, 5.74) is 0. The number of nitrogens with one attached hydrogen (secondary N) is 2. The van der Waals surface area contributed by atoms with Crippen molar-refractivity contribution in [2.45, 2.75) is 46.1 Å². The molecule has 0 aromatic rings. The second-order valence-electron chi connectivity index (χ2n) is 8.33. The molecule has 2 N–H and O–H groups in total. The normalized spacial score (nSPS) is 23.3. The van der Waals surface area contributed by atoms with Crippen LogP contribution in [0.15, 0.2) is 4.99 Å². The molecule has 0 radical (unpaired) electrons. The molecule has 2 fully saturated rings. The van der Waals surface area contributed by atoms with Crippen LogP contribution in [0.4, 0.5) is 0 Å². The van der Waals surface area contributed by atoms with Gasteiger partial charge in [-0.25, -0.2) is 0 Å². The first-order valence-electron chi connectivity index (χ1n) is 10.6. The Hall–Kier alpha value is -0.120. The molecule has 0 bridgehead atoms. The highest BCUT2D eigenvalue weighted by molar-refractivity contribution is 14.0. The van der Waals surface area contributed by atoms with E-state index in [1.165, 1.54) is 32.4 Å². The van der Waals surface area contributed by atoms with Crippen molar-refractivity contribution in [2.75, 3.05) is 66.0 Å². The van der Waals surface area contributed by atoms with Crippen LogP contribution in [0, 0.1) is 11.8 Å². The molecule has 2 heterocycles. The highest BCUT2D eigenvalue weighted by atomic mass is 127. The Morgan fingerprint density at radius 2 is 1.93 bits per heavy atom. The van der Waals surface area contributed by atoms with Crippen LogP contribution in [0.5, 0.6) is 0 Å². The van der Waals surface area contributed by atoms with Crippen molar-refractivity contribution in [3.63, 3.8) is 0 Å². The smallest absolute Gasteiger partial charge is 0.191 e. The number of rotatable bonds is 8. The molecule has 7 heteroatoms. The second-order valence-corrected chi connectivity index (χ2v) is 8.33. The van der Waals surface area contributed by atoms with Gasteiger partial charge < -0.3 is 20.3 Å². The van der Waals surface area contributed by atoms with Gasteiger partial charge in [0.25, 0.3) is 0 Å². The molecule has 6 nitrogen and oxygen atoms in total. The summed E-state index contributed by atoms with van der Waals surface area (Å²) >= 11 is 0. The molecule has 2 rings (SSSR count). The molecule has 0 amide bonds. The standard InChI is InChI=1S/C20H41N5O.HI/c1-5-21-20(22-9-6-18-7-10-24(4)11-8-18)23-14-19-16-25(12-13-26-19)15-17(2)3;/h17-19H,5-16H2,1-4H3,(H2,21,22,23);1H. The van der Waals surface area contributed by atoms with Gasteiger partial charge in [0.15, 0.2) is 5.96 Å². The second kappa shape index (κ2) is 14.0. The van der Waals surface area contributed by atoms with Crippen molar-refractivity contribution in [3.05, 3.63) is 0 Å². The van der Waals surface area contributed by atoms with E-state index < -0.39 is 0 Å². The SMILES string of the molecule is CCNC(=NCC1CN(CC(C)C)CCO1)NCCC1CCN(C)CC1.I. The Bertz CT molecular complexity index is 413. The van der Waals surface area contributed by atoms with E-state index in [-0.39, 0.29) is 30.1 Å². The molecule has 0 aromatic carbocycles. The Kier molecular flexibility index (Phi) is 12.9. The van der Waals surface area contributed by atoms with Gasteiger partial charge in [0.1, 0.15) is 0 Å². The summed E-state index contributed by atoms with van der Waals surface area (Å²) in [6.07, 6.45) is 4.10. The van der Waals surface area contributed by atoms with Gasteiger partial charge in [0.05, 0.1) is 19.3 Å². The van der Waals surface area contributed by atoms with Gasteiger partial charge in [0.2, 0.25) is 0 Å². The topological polar surface area (TPSA) is 52.1 Å². The number of ether oxygens (including phenoxy) is 1. The fourth-order valence-corrected chi connectivity index (χ4v) is 3.85. The lowest BCUT2D eigenvalue weighted by Crippen LogP contribution is -2.46. The first kappa shape index (κ1) is 24.9. The van der Waals surface area contributed by atoms with Crippen molar-refractivity contribution in [2.24, 2.45) is 16.8 Å². The van der Waals surface area contributed by atoms with Crippen LogP contribution < -0.4 is 10.6 Å². The fraction of sp³-hybridized carbons (Fsp3) is 0.950. The van der Waals surface area contributed by atoms with Crippen LogP contribution in [0.2, 0.25) is 0 Å². The zero-order valence-corrected chi connectivity index (χ0v) is 20.2. The summed E-state index contributed by atoms with van der Waals surface area (Å²) < 4.78 is 5.92. The van der Waals surface area contributed by atoms with E-state index in [1.807, 2.05) is 0 Å². The molecule has 0 aliphatic carbocycles. The van der Waals surface area contributed by atoms with Gasteiger partial charge >= 0.3 is 0 Å². The Morgan fingerprint density at radius 3 is 2.59 bits per heavy atom. The molecular formula is C20H42IN5O.